The molecule has 5 heteroatoms. The minimum atomic E-state index is 0.277. The summed E-state index contributed by atoms with van der Waals surface area (Å²) in [7, 11) is 0. The highest BCUT2D eigenvalue weighted by Gasteiger charge is 2.06. The van der Waals surface area contributed by atoms with Gasteiger partial charge in [-0.3, -0.25) is 0 Å². The minimum Gasteiger partial charge on any atom is -0.323 e. The zero-order chi connectivity index (χ0) is 13.0. The molecule has 1 N–H and O–H groups in total. The molecule has 0 saturated carbocycles. The topological polar surface area (TPSA) is 85.4 Å². The van der Waals surface area contributed by atoms with Crippen molar-refractivity contribution in [3.63, 3.8) is 0 Å². The summed E-state index contributed by atoms with van der Waals surface area (Å²) in [5, 5.41) is 20.8. The van der Waals surface area contributed by atoms with Crippen LogP contribution in [-0.4, -0.2) is 9.97 Å². The molecule has 18 heavy (non-hydrogen) atoms. The molecular weight excluding hydrogens is 226 g/mol. The van der Waals surface area contributed by atoms with Crippen molar-refractivity contribution >= 4 is 11.6 Å². The summed E-state index contributed by atoms with van der Waals surface area (Å²) in [6, 6.07) is 11.1. The lowest BCUT2D eigenvalue weighted by molar-refractivity contribution is 1.14. The molecule has 0 atom stereocenters. The Labute approximate surface area is 104 Å². The van der Waals surface area contributed by atoms with Crippen molar-refractivity contribution in [2.45, 2.75) is 6.92 Å². The molecule has 0 aliphatic heterocycles. The van der Waals surface area contributed by atoms with Gasteiger partial charge in [-0.15, -0.1) is 0 Å². The van der Waals surface area contributed by atoms with E-state index in [4.69, 9.17) is 10.5 Å². The number of nitrogens with one attached hydrogen (secondary N) is 1. The van der Waals surface area contributed by atoms with Crippen molar-refractivity contribution in [1.29, 1.82) is 10.5 Å². The molecule has 2 rings (SSSR count). The molecule has 2 aromatic rings. The second-order valence-corrected chi connectivity index (χ2v) is 3.61. The highest BCUT2D eigenvalue weighted by Crippen LogP contribution is 2.20. The Bertz CT molecular complexity index is 664. The first kappa shape index (κ1) is 11.6. The van der Waals surface area contributed by atoms with Gasteiger partial charge in [0.15, 0.2) is 0 Å². The van der Waals surface area contributed by atoms with Gasteiger partial charge in [0.2, 0.25) is 5.95 Å². The van der Waals surface area contributed by atoms with Crippen LogP contribution >= 0.6 is 0 Å². The van der Waals surface area contributed by atoms with Crippen LogP contribution in [0.3, 0.4) is 0 Å². The molecule has 5 nitrogen and oxygen atoms in total. The number of benzene rings is 1. The summed E-state index contributed by atoms with van der Waals surface area (Å²) in [4.78, 5) is 8.00. The van der Waals surface area contributed by atoms with E-state index >= 15 is 0 Å². The van der Waals surface area contributed by atoms with Crippen molar-refractivity contribution in [3.05, 3.63) is 47.3 Å². The van der Waals surface area contributed by atoms with E-state index in [9.17, 15) is 0 Å². The molecule has 86 valence electrons. The van der Waals surface area contributed by atoms with Gasteiger partial charge >= 0.3 is 0 Å². The van der Waals surface area contributed by atoms with Crippen molar-refractivity contribution in [1.82, 2.24) is 9.97 Å². The van der Waals surface area contributed by atoms with Crippen LogP contribution in [0.4, 0.5) is 11.6 Å². The molecule has 0 spiro atoms. The van der Waals surface area contributed by atoms with E-state index in [0.717, 1.165) is 5.56 Å². The Kier molecular flexibility index (Phi) is 3.17. The van der Waals surface area contributed by atoms with Crippen LogP contribution in [0.2, 0.25) is 0 Å². The van der Waals surface area contributed by atoms with E-state index in [1.54, 1.807) is 6.07 Å². The molecule has 1 aromatic heterocycles. The standard InChI is InChI=1S/C13H9N5/c1-9-3-2-4-12(11(9)8-15)18-13-16-6-5-10(7-14)17-13/h2-6H,1H3,(H,16,17,18). The normalized spacial score (nSPS) is 9.28. The summed E-state index contributed by atoms with van der Waals surface area (Å²) in [5.41, 5.74) is 2.33. The SMILES string of the molecule is Cc1cccc(Nc2nccc(C#N)n2)c1C#N. The first-order valence-electron chi connectivity index (χ1n) is 5.24. The van der Waals surface area contributed by atoms with Crippen LogP contribution in [0.25, 0.3) is 0 Å². The number of hydrogen-bond donors (Lipinski definition) is 1. The number of anilines is 2. The van der Waals surface area contributed by atoms with Crippen molar-refractivity contribution in [3.8, 4) is 12.1 Å². The van der Waals surface area contributed by atoms with Gasteiger partial charge in [0.25, 0.3) is 0 Å². The first-order chi connectivity index (χ1) is 8.74. The van der Waals surface area contributed by atoms with Gasteiger partial charge in [-0.25, -0.2) is 9.97 Å². The number of rotatable bonds is 2. The maximum Gasteiger partial charge on any atom is 0.228 e. The number of hydrogen-bond acceptors (Lipinski definition) is 5. The Morgan fingerprint density at radius 2 is 2.00 bits per heavy atom. The van der Waals surface area contributed by atoms with Crippen molar-refractivity contribution in [2.75, 3.05) is 5.32 Å². The maximum absolute atomic E-state index is 9.09. The highest BCUT2D eigenvalue weighted by molar-refractivity contribution is 5.65. The highest BCUT2D eigenvalue weighted by atomic mass is 15.1. The largest absolute Gasteiger partial charge is 0.323 e. The van der Waals surface area contributed by atoms with E-state index in [1.807, 2.05) is 25.1 Å². The van der Waals surface area contributed by atoms with Crippen molar-refractivity contribution in [2.24, 2.45) is 0 Å². The lowest BCUT2D eigenvalue weighted by Crippen LogP contribution is -2.00. The molecule has 1 aromatic carbocycles. The predicted octanol–water partition coefficient (Wildman–Crippen LogP) is 2.27. The maximum atomic E-state index is 9.09. The van der Waals surface area contributed by atoms with Crippen LogP contribution in [0.5, 0.6) is 0 Å². The van der Waals surface area contributed by atoms with Crippen LogP contribution in [0.1, 0.15) is 16.8 Å². The number of nitriles is 2. The Balaban J connectivity index is 2.38. The monoisotopic (exact) mass is 235 g/mol. The van der Waals surface area contributed by atoms with Gasteiger partial charge in [0, 0.05) is 6.20 Å². The minimum absolute atomic E-state index is 0.277. The molecule has 1 heterocycles. The molecule has 0 fully saturated rings. The second-order valence-electron chi connectivity index (χ2n) is 3.61. The molecule has 0 amide bonds. The van der Waals surface area contributed by atoms with E-state index in [2.05, 4.69) is 21.4 Å². The van der Waals surface area contributed by atoms with E-state index < -0.39 is 0 Å². The summed E-state index contributed by atoms with van der Waals surface area (Å²) in [6.45, 7) is 1.86. The van der Waals surface area contributed by atoms with E-state index in [0.29, 0.717) is 17.2 Å². The lowest BCUT2D eigenvalue weighted by Gasteiger charge is -2.08. The van der Waals surface area contributed by atoms with Crippen molar-refractivity contribution < 1.29 is 0 Å². The molecule has 0 unspecified atom stereocenters. The number of aryl methyl sites for hydroxylation is 1. The Hall–Kier alpha value is -2.92. The number of aromatic nitrogens is 2. The summed E-state index contributed by atoms with van der Waals surface area (Å²) in [5.74, 6) is 0.302. The van der Waals surface area contributed by atoms with Crippen LogP contribution < -0.4 is 5.32 Å². The second kappa shape index (κ2) is 4.94. The Morgan fingerprint density at radius 3 is 2.72 bits per heavy atom. The van der Waals surface area contributed by atoms with Gasteiger partial charge in [0.05, 0.1) is 11.3 Å². The fourth-order valence-electron chi connectivity index (χ4n) is 1.52. The van der Waals surface area contributed by atoms with Crippen LogP contribution in [0.15, 0.2) is 30.5 Å². The number of nitrogens with zero attached hydrogens (tertiary/aromatic N) is 4. The zero-order valence-corrected chi connectivity index (χ0v) is 9.68. The van der Waals surface area contributed by atoms with Gasteiger partial charge in [-0.2, -0.15) is 10.5 Å². The lowest BCUT2D eigenvalue weighted by atomic mass is 10.1. The molecule has 0 aliphatic rings. The smallest absolute Gasteiger partial charge is 0.228 e. The van der Waals surface area contributed by atoms with Gasteiger partial charge in [0.1, 0.15) is 17.8 Å². The average molecular weight is 235 g/mol. The quantitative estimate of drug-likeness (QED) is 0.862. The predicted molar refractivity (Wildman–Crippen MR) is 65.9 cm³/mol. The average Bonchev–Trinajstić information content (AvgIpc) is 2.39. The van der Waals surface area contributed by atoms with Crippen LogP contribution in [-0.2, 0) is 0 Å². The molecule has 0 radical (unpaired) electrons. The molecule has 0 saturated heterocycles. The molecule has 0 bridgehead atoms. The van der Waals surface area contributed by atoms with E-state index in [1.165, 1.54) is 12.3 Å². The van der Waals surface area contributed by atoms with E-state index in [-0.39, 0.29) is 5.69 Å². The van der Waals surface area contributed by atoms with Gasteiger partial charge in [-0.1, -0.05) is 12.1 Å². The Morgan fingerprint density at radius 1 is 1.17 bits per heavy atom. The summed E-state index contributed by atoms with van der Waals surface area (Å²) < 4.78 is 0. The van der Waals surface area contributed by atoms with Crippen LogP contribution in [0, 0.1) is 29.6 Å². The molecular formula is C13H9N5. The van der Waals surface area contributed by atoms with Gasteiger partial charge < -0.3 is 5.32 Å². The summed E-state index contributed by atoms with van der Waals surface area (Å²) in [6.07, 6.45) is 1.50. The first-order valence-corrected chi connectivity index (χ1v) is 5.24. The summed E-state index contributed by atoms with van der Waals surface area (Å²) >= 11 is 0. The third-order valence-corrected chi connectivity index (χ3v) is 2.40. The fraction of sp³-hybridized carbons (Fsp3) is 0.0769. The zero-order valence-electron chi connectivity index (χ0n) is 9.68. The fourth-order valence-corrected chi connectivity index (χ4v) is 1.52. The third kappa shape index (κ3) is 2.26. The third-order valence-electron chi connectivity index (χ3n) is 2.40. The molecule has 0 aliphatic carbocycles. The van der Waals surface area contributed by atoms with Gasteiger partial charge in [-0.05, 0) is 24.6 Å².